The van der Waals surface area contributed by atoms with Crippen LogP contribution < -0.4 is 14.8 Å². The molecule has 0 aliphatic heterocycles. The Morgan fingerprint density at radius 3 is 2.50 bits per heavy atom. The maximum Gasteiger partial charge on any atom is 0.256 e. The van der Waals surface area contributed by atoms with Gasteiger partial charge in [-0.05, 0) is 82.5 Å². The molecule has 2 heterocycles. The first-order valence-electron chi connectivity index (χ1n) is 12.5. The van der Waals surface area contributed by atoms with Crippen LogP contribution in [0.1, 0.15) is 59.4 Å². The van der Waals surface area contributed by atoms with Crippen molar-refractivity contribution in [2.75, 3.05) is 18.5 Å². The van der Waals surface area contributed by atoms with Crippen LogP contribution in [0.5, 0.6) is 11.5 Å². The lowest BCUT2D eigenvalue weighted by Gasteiger charge is -2.14. The molecule has 0 saturated heterocycles. The number of pyridine rings is 1. The van der Waals surface area contributed by atoms with Crippen molar-refractivity contribution < 1.29 is 14.3 Å². The Morgan fingerprint density at radius 2 is 1.75 bits per heavy atom. The Hall–Kier alpha value is -3.87. The molecule has 4 rings (SSSR count). The zero-order valence-corrected chi connectivity index (χ0v) is 21.9. The highest BCUT2D eigenvalue weighted by molar-refractivity contribution is 6.04. The second-order valence-corrected chi connectivity index (χ2v) is 9.11. The molecule has 36 heavy (non-hydrogen) atoms. The van der Waals surface area contributed by atoms with Crippen molar-refractivity contribution in [1.82, 2.24) is 14.8 Å². The molecule has 0 fully saturated rings. The molecule has 4 aromatic rings. The molecule has 0 saturated carbocycles. The van der Waals surface area contributed by atoms with Gasteiger partial charge in [-0.25, -0.2) is 4.98 Å². The first-order chi connectivity index (χ1) is 17.3. The van der Waals surface area contributed by atoms with Gasteiger partial charge in [-0.3, -0.25) is 4.79 Å². The Labute approximate surface area is 212 Å². The molecular formula is C29H34N4O3. The third kappa shape index (κ3) is 5.35. The van der Waals surface area contributed by atoms with E-state index in [1.165, 1.54) is 5.56 Å². The minimum absolute atomic E-state index is 0.262. The normalized spacial score (nSPS) is 11.1. The minimum Gasteiger partial charge on any atom is -0.490 e. The molecule has 188 valence electrons. The lowest BCUT2D eigenvalue weighted by molar-refractivity contribution is 0.102. The largest absolute Gasteiger partial charge is 0.490 e. The standard InChI is InChI=1S/C29H34N4O3/c1-7-9-12-36-24-11-10-22(17-25(24)35-8-2)29(34)31-27-16-21(6)32-33(27)26-15-19(4)23-14-18(3)13-20(5)28(23)30-26/h10-11,13-17H,7-9,12H2,1-6H3,(H,31,34). The number of nitrogens with one attached hydrogen (secondary N) is 1. The fourth-order valence-electron chi connectivity index (χ4n) is 4.25. The van der Waals surface area contributed by atoms with E-state index in [-0.39, 0.29) is 5.91 Å². The van der Waals surface area contributed by atoms with Gasteiger partial charge in [0.05, 0.1) is 24.4 Å². The Morgan fingerprint density at radius 1 is 0.944 bits per heavy atom. The lowest BCUT2D eigenvalue weighted by atomic mass is 10.0. The Balaban J connectivity index is 1.65. The second kappa shape index (κ2) is 10.8. The van der Waals surface area contributed by atoms with Crippen LogP contribution in [-0.2, 0) is 0 Å². The van der Waals surface area contributed by atoms with Crippen LogP contribution in [0, 0.1) is 27.7 Å². The summed E-state index contributed by atoms with van der Waals surface area (Å²) < 4.78 is 13.3. The molecule has 2 aromatic heterocycles. The number of aromatic nitrogens is 3. The summed E-state index contributed by atoms with van der Waals surface area (Å²) in [7, 11) is 0. The number of carbonyl (C=O) groups is 1. The summed E-state index contributed by atoms with van der Waals surface area (Å²) in [5, 5.41) is 8.74. The summed E-state index contributed by atoms with van der Waals surface area (Å²) >= 11 is 0. The number of amides is 1. The molecule has 0 spiro atoms. The van der Waals surface area contributed by atoms with Crippen molar-refractivity contribution in [1.29, 1.82) is 0 Å². The predicted molar refractivity (Wildman–Crippen MR) is 144 cm³/mol. The molecular weight excluding hydrogens is 452 g/mol. The fourth-order valence-corrected chi connectivity index (χ4v) is 4.25. The third-order valence-electron chi connectivity index (χ3n) is 5.99. The van der Waals surface area contributed by atoms with Crippen LogP contribution >= 0.6 is 0 Å². The second-order valence-electron chi connectivity index (χ2n) is 9.11. The predicted octanol–water partition coefficient (Wildman–Crippen LogP) is 6.48. The van der Waals surface area contributed by atoms with E-state index in [1.54, 1.807) is 22.9 Å². The van der Waals surface area contributed by atoms with Gasteiger partial charge >= 0.3 is 0 Å². The number of fused-ring (bicyclic) bond motifs is 1. The summed E-state index contributed by atoms with van der Waals surface area (Å²) in [6.45, 7) is 13.2. The van der Waals surface area contributed by atoms with E-state index in [0.29, 0.717) is 41.9 Å². The monoisotopic (exact) mass is 486 g/mol. The number of carbonyl (C=O) groups excluding carboxylic acids is 1. The summed E-state index contributed by atoms with van der Waals surface area (Å²) in [6, 6.07) is 13.4. The number of aryl methyl sites for hydroxylation is 4. The van der Waals surface area contributed by atoms with Crippen molar-refractivity contribution in [2.24, 2.45) is 0 Å². The van der Waals surface area contributed by atoms with Gasteiger partial charge in [-0.1, -0.05) is 25.0 Å². The van der Waals surface area contributed by atoms with Crippen LogP contribution in [0.2, 0.25) is 0 Å². The van der Waals surface area contributed by atoms with Gasteiger partial charge in [0.2, 0.25) is 0 Å². The molecule has 1 amide bonds. The van der Waals surface area contributed by atoms with E-state index < -0.39 is 0 Å². The molecule has 0 radical (unpaired) electrons. The highest BCUT2D eigenvalue weighted by Crippen LogP contribution is 2.30. The van der Waals surface area contributed by atoms with Gasteiger partial charge in [0.1, 0.15) is 5.82 Å². The van der Waals surface area contributed by atoms with Crippen molar-refractivity contribution in [2.45, 2.75) is 54.4 Å². The van der Waals surface area contributed by atoms with Crippen molar-refractivity contribution in [3.63, 3.8) is 0 Å². The highest BCUT2D eigenvalue weighted by atomic mass is 16.5. The zero-order valence-electron chi connectivity index (χ0n) is 21.9. The van der Waals surface area contributed by atoms with E-state index >= 15 is 0 Å². The number of hydrogen-bond acceptors (Lipinski definition) is 5. The van der Waals surface area contributed by atoms with E-state index in [0.717, 1.165) is 40.6 Å². The van der Waals surface area contributed by atoms with E-state index in [2.05, 4.69) is 50.2 Å². The third-order valence-corrected chi connectivity index (χ3v) is 5.99. The first kappa shape index (κ1) is 25.2. The molecule has 0 aliphatic carbocycles. The van der Waals surface area contributed by atoms with Crippen LogP contribution in [0.3, 0.4) is 0 Å². The number of hydrogen-bond donors (Lipinski definition) is 1. The highest BCUT2D eigenvalue weighted by Gasteiger charge is 2.17. The first-order valence-corrected chi connectivity index (χ1v) is 12.5. The van der Waals surface area contributed by atoms with Crippen molar-refractivity contribution >= 4 is 22.6 Å². The quantitative estimate of drug-likeness (QED) is 0.274. The van der Waals surface area contributed by atoms with Crippen LogP contribution in [0.4, 0.5) is 5.82 Å². The molecule has 7 heteroatoms. The van der Waals surface area contributed by atoms with Gasteiger partial charge in [-0.15, -0.1) is 0 Å². The number of nitrogens with zero attached hydrogens (tertiary/aromatic N) is 3. The van der Waals surface area contributed by atoms with Crippen LogP contribution in [0.25, 0.3) is 16.7 Å². The van der Waals surface area contributed by atoms with Gasteiger partial charge in [-0.2, -0.15) is 9.78 Å². The summed E-state index contributed by atoms with van der Waals surface area (Å²) in [4.78, 5) is 18.1. The zero-order chi connectivity index (χ0) is 25.8. The average Bonchev–Trinajstić information content (AvgIpc) is 3.20. The van der Waals surface area contributed by atoms with Crippen LogP contribution in [0.15, 0.2) is 42.5 Å². The number of rotatable bonds is 9. The van der Waals surface area contributed by atoms with Gasteiger partial charge in [0, 0.05) is 17.0 Å². The van der Waals surface area contributed by atoms with E-state index in [1.807, 2.05) is 26.0 Å². The Kier molecular flexibility index (Phi) is 7.58. The van der Waals surface area contributed by atoms with E-state index in [9.17, 15) is 4.79 Å². The molecule has 0 bridgehead atoms. The van der Waals surface area contributed by atoms with Gasteiger partial charge in [0.15, 0.2) is 17.3 Å². The van der Waals surface area contributed by atoms with Gasteiger partial charge in [0.25, 0.3) is 5.91 Å². The summed E-state index contributed by atoms with van der Waals surface area (Å²) in [5.74, 6) is 2.15. The molecule has 7 nitrogen and oxygen atoms in total. The van der Waals surface area contributed by atoms with Gasteiger partial charge < -0.3 is 14.8 Å². The topological polar surface area (TPSA) is 78.3 Å². The Bertz CT molecular complexity index is 1410. The SMILES string of the molecule is CCCCOc1ccc(C(=O)Nc2cc(C)nn2-c2cc(C)c3cc(C)cc(C)c3n2)cc1OCC. The lowest BCUT2D eigenvalue weighted by Crippen LogP contribution is -2.16. The maximum atomic E-state index is 13.2. The van der Waals surface area contributed by atoms with Crippen molar-refractivity contribution in [3.8, 4) is 17.3 Å². The smallest absolute Gasteiger partial charge is 0.256 e. The summed E-state index contributed by atoms with van der Waals surface area (Å²) in [5.41, 5.74) is 5.59. The fraction of sp³-hybridized carbons (Fsp3) is 0.345. The van der Waals surface area contributed by atoms with E-state index in [4.69, 9.17) is 14.5 Å². The molecule has 2 aromatic carbocycles. The summed E-state index contributed by atoms with van der Waals surface area (Å²) in [6.07, 6.45) is 2.00. The number of benzene rings is 2. The number of anilines is 1. The molecule has 1 N–H and O–H groups in total. The number of ether oxygens (including phenoxy) is 2. The minimum atomic E-state index is -0.262. The average molecular weight is 487 g/mol. The van der Waals surface area contributed by atoms with Crippen molar-refractivity contribution in [3.05, 3.63) is 70.4 Å². The molecule has 0 atom stereocenters. The maximum absolute atomic E-state index is 13.2. The number of unbranched alkanes of at least 4 members (excludes halogenated alkanes) is 1. The molecule has 0 unspecified atom stereocenters. The molecule has 0 aliphatic rings. The van der Waals surface area contributed by atoms with Crippen LogP contribution in [-0.4, -0.2) is 33.9 Å².